The highest BCUT2D eigenvalue weighted by Crippen LogP contribution is 2.27. The van der Waals surface area contributed by atoms with Crippen molar-refractivity contribution >= 4 is 27.3 Å². The second kappa shape index (κ2) is 11.6. The molecule has 0 aromatic heterocycles. The lowest BCUT2D eigenvalue weighted by Gasteiger charge is -2.33. The Morgan fingerprint density at radius 1 is 1.05 bits per heavy atom. The number of aryl methyl sites for hydroxylation is 2. The molecule has 0 unspecified atom stereocenters. The van der Waals surface area contributed by atoms with Gasteiger partial charge in [0, 0.05) is 24.3 Å². The van der Waals surface area contributed by atoms with Crippen LogP contribution in [0.25, 0.3) is 0 Å². The predicted molar refractivity (Wildman–Crippen MR) is 156 cm³/mol. The number of benzene rings is 3. The Bertz CT molecular complexity index is 1370. The fourth-order valence-electron chi connectivity index (χ4n) is 5.06. The molecule has 0 radical (unpaired) electrons. The first-order chi connectivity index (χ1) is 18.0. The number of amides is 1. The third kappa shape index (κ3) is 6.76. The zero-order chi connectivity index (χ0) is 27.4. The number of rotatable bonds is 8. The van der Waals surface area contributed by atoms with Crippen LogP contribution in [0.5, 0.6) is 0 Å². The SMILES string of the molecule is Cc1ccc(C)c(N(Cc2ccc(C(=O)N[C@@H](C)c3ccc(N4CCC[C@@H](C)C4)cc3)cc2)S(C)(=O)=O)c1. The van der Waals surface area contributed by atoms with Crippen molar-refractivity contribution in [3.63, 3.8) is 0 Å². The van der Waals surface area contributed by atoms with Gasteiger partial charge in [-0.1, -0.05) is 43.3 Å². The Kier molecular flexibility index (Phi) is 8.46. The van der Waals surface area contributed by atoms with Crippen LogP contribution in [0.3, 0.4) is 0 Å². The van der Waals surface area contributed by atoms with E-state index in [2.05, 4.69) is 41.4 Å². The first-order valence-electron chi connectivity index (χ1n) is 13.3. The summed E-state index contributed by atoms with van der Waals surface area (Å²) in [6, 6.07) is 21.3. The molecule has 1 amide bonds. The number of hydrogen-bond donors (Lipinski definition) is 1. The van der Waals surface area contributed by atoms with Gasteiger partial charge in [-0.2, -0.15) is 0 Å². The monoisotopic (exact) mass is 533 g/mol. The zero-order valence-electron chi connectivity index (χ0n) is 23.1. The van der Waals surface area contributed by atoms with Crippen LogP contribution in [0.2, 0.25) is 0 Å². The topological polar surface area (TPSA) is 69.7 Å². The molecular formula is C31H39N3O3S. The predicted octanol–water partition coefficient (Wildman–Crippen LogP) is 6.00. The van der Waals surface area contributed by atoms with Crippen LogP contribution >= 0.6 is 0 Å². The highest BCUT2D eigenvalue weighted by molar-refractivity contribution is 7.92. The molecule has 3 aromatic rings. The van der Waals surface area contributed by atoms with Gasteiger partial charge in [-0.25, -0.2) is 8.42 Å². The summed E-state index contributed by atoms with van der Waals surface area (Å²) < 4.78 is 26.6. The second-order valence-corrected chi connectivity index (χ2v) is 12.6. The molecular weight excluding hydrogens is 494 g/mol. The molecule has 0 aliphatic carbocycles. The minimum absolute atomic E-state index is 0.137. The van der Waals surface area contributed by atoms with Crippen molar-refractivity contribution in [1.29, 1.82) is 0 Å². The van der Waals surface area contributed by atoms with Gasteiger partial charge in [0.25, 0.3) is 5.91 Å². The van der Waals surface area contributed by atoms with E-state index in [1.165, 1.54) is 29.1 Å². The highest BCUT2D eigenvalue weighted by Gasteiger charge is 2.21. The lowest BCUT2D eigenvalue weighted by atomic mass is 9.99. The summed E-state index contributed by atoms with van der Waals surface area (Å²) in [7, 11) is -3.49. The number of anilines is 2. The van der Waals surface area contributed by atoms with Gasteiger partial charge in [0.05, 0.1) is 24.5 Å². The number of nitrogens with zero attached hydrogens (tertiary/aromatic N) is 2. The average molecular weight is 534 g/mol. The molecule has 1 saturated heterocycles. The van der Waals surface area contributed by atoms with E-state index >= 15 is 0 Å². The lowest BCUT2D eigenvalue weighted by molar-refractivity contribution is 0.0940. The summed E-state index contributed by atoms with van der Waals surface area (Å²) >= 11 is 0. The Morgan fingerprint density at radius 2 is 1.74 bits per heavy atom. The largest absolute Gasteiger partial charge is 0.371 e. The summed E-state index contributed by atoms with van der Waals surface area (Å²) in [6.45, 7) is 10.5. The fourth-order valence-corrected chi connectivity index (χ4v) is 6.00. The summed E-state index contributed by atoms with van der Waals surface area (Å²) in [4.78, 5) is 15.4. The molecule has 38 heavy (non-hydrogen) atoms. The van der Waals surface area contributed by atoms with E-state index in [0.717, 1.165) is 35.3 Å². The maximum atomic E-state index is 12.9. The third-order valence-electron chi connectivity index (χ3n) is 7.34. The van der Waals surface area contributed by atoms with Gasteiger partial charge in [0.15, 0.2) is 0 Å². The maximum absolute atomic E-state index is 12.9. The van der Waals surface area contributed by atoms with E-state index < -0.39 is 10.0 Å². The number of carbonyl (C=O) groups excluding carboxylic acids is 1. The molecule has 2 atom stereocenters. The summed E-state index contributed by atoms with van der Waals surface area (Å²) in [5, 5.41) is 3.08. The zero-order valence-corrected chi connectivity index (χ0v) is 23.9. The normalized spacial score (nSPS) is 16.7. The number of piperidine rings is 1. The number of sulfonamides is 1. The molecule has 0 spiro atoms. The second-order valence-electron chi connectivity index (χ2n) is 10.7. The maximum Gasteiger partial charge on any atom is 0.251 e. The molecule has 1 aliphatic heterocycles. The van der Waals surface area contributed by atoms with Crippen LogP contribution in [0.1, 0.15) is 65.3 Å². The van der Waals surface area contributed by atoms with Gasteiger partial charge in [-0.15, -0.1) is 0 Å². The van der Waals surface area contributed by atoms with Crippen molar-refractivity contribution in [2.45, 2.75) is 53.1 Å². The quantitative estimate of drug-likeness (QED) is 0.386. The Labute approximate surface area is 227 Å². The number of nitrogens with one attached hydrogen (secondary N) is 1. The molecule has 1 fully saturated rings. The smallest absolute Gasteiger partial charge is 0.251 e. The molecule has 0 bridgehead atoms. The Morgan fingerprint density at radius 3 is 2.37 bits per heavy atom. The first-order valence-corrected chi connectivity index (χ1v) is 15.2. The van der Waals surface area contributed by atoms with Crippen molar-refractivity contribution < 1.29 is 13.2 Å². The standard InChI is InChI=1S/C31H39N3O3S/c1-22-8-9-24(3)30(19-22)34(38(5,36)37)21-26-10-12-28(13-11-26)31(35)32-25(4)27-14-16-29(17-15-27)33-18-6-7-23(2)20-33/h8-17,19,23,25H,6-7,18,20-21H2,1-5H3,(H,32,35)/t23-,25+/m1/s1. The highest BCUT2D eigenvalue weighted by atomic mass is 32.2. The van der Waals surface area contributed by atoms with Gasteiger partial charge in [-0.3, -0.25) is 9.10 Å². The first kappa shape index (κ1) is 27.7. The minimum atomic E-state index is -3.49. The molecule has 4 rings (SSSR count). The van der Waals surface area contributed by atoms with Crippen molar-refractivity contribution in [3.8, 4) is 0 Å². The van der Waals surface area contributed by atoms with E-state index in [1.807, 2.05) is 51.1 Å². The number of hydrogen-bond acceptors (Lipinski definition) is 4. The van der Waals surface area contributed by atoms with Crippen molar-refractivity contribution in [1.82, 2.24) is 5.32 Å². The molecule has 7 heteroatoms. The summed E-state index contributed by atoms with van der Waals surface area (Å²) in [5.41, 5.74) is 6.20. The molecule has 0 saturated carbocycles. The van der Waals surface area contributed by atoms with Crippen LogP contribution in [0.4, 0.5) is 11.4 Å². The minimum Gasteiger partial charge on any atom is -0.371 e. The van der Waals surface area contributed by atoms with Gasteiger partial charge in [-0.05, 0) is 92.1 Å². The van der Waals surface area contributed by atoms with Crippen LogP contribution in [-0.2, 0) is 16.6 Å². The molecule has 202 valence electrons. The van der Waals surface area contributed by atoms with Crippen molar-refractivity contribution in [2.24, 2.45) is 5.92 Å². The summed E-state index contributed by atoms with van der Waals surface area (Å²) in [6.07, 6.45) is 3.74. The van der Waals surface area contributed by atoms with Gasteiger partial charge in [0.1, 0.15) is 0 Å². The van der Waals surface area contributed by atoms with E-state index in [-0.39, 0.29) is 18.5 Å². The van der Waals surface area contributed by atoms with Gasteiger partial charge >= 0.3 is 0 Å². The Balaban J connectivity index is 1.41. The number of carbonyl (C=O) groups is 1. The average Bonchev–Trinajstić information content (AvgIpc) is 2.88. The lowest BCUT2D eigenvalue weighted by Crippen LogP contribution is -2.34. The van der Waals surface area contributed by atoms with E-state index in [1.54, 1.807) is 12.1 Å². The molecule has 1 aliphatic rings. The molecule has 6 nitrogen and oxygen atoms in total. The van der Waals surface area contributed by atoms with E-state index in [4.69, 9.17) is 0 Å². The van der Waals surface area contributed by atoms with E-state index in [0.29, 0.717) is 17.2 Å². The van der Waals surface area contributed by atoms with Gasteiger partial charge in [0.2, 0.25) is 10.0 Å². The van der Waals surface area contributed by atoms with Crippen LogP contribution < -0.4 is 14.5 Å². The van der Waals surface area contributed by atoms with E-state index in [9.17, 15) is 13.2 Å². The summed E-state index contributed by atoms with van der Waals surface area (Å²) in [5.74, 6) is 0.557. The third-order valence-corrected chi connectivity index (χ3v) is 8.47. The molecule has 3 aromatic carbocycles. The molecule has 1 heterocycles. The van der Waals surface area contributed by atoms with Crippen LogP contribution in [0.15, 0.2) is 66.7 Å². The van der Waals surface area contributed by atoms with Gasteiger partial charge < -0.3 is 10.2 Å². The van der Waals surface area contributed by atoms with Crippen LogP contribution in [0, 0.1) is 19.8 Å². The van der Waals surface area contributed by atoms with Crippen molar-refractivity contribution in [3.05, 3.63) is 94.5 Å². The van der Waals surface area contributed by atoms with Crippen molar-refractivity contribution in [2.75, 3.05) is 28.6 Å². The van der Waals surface area contributed by atoms with Crippen LogP contribution in [-0.4, -0.2) is 33.7 Å². The molecule has 1 N–H and O–H groups in total. The fraction of sp³-hybridized carbons (Fsp3) is 0.387. The Hall–Kier alpha value is -3.32.